The standard InChI is InChI=1S/C21H32N2O2/c1-24-21-9-7-19(8-10-21)5-4-13-23-12-3-2-6-20(23)11-14-22-15-17-25-18-16-22/h4-5,7-10,20H,2-3,6,11-18H2,1H3. The van der Waals surface area contributed by atoms with Crippen LogP contribution in [0.15, 0.2) is 30.3 Å². The first kappa shape index (κ1) is 18.4. The van der Waals surface area contributed by atoms with E-state index >= 15 is 0 Å². The molecular weight excluding hydrogens is 312 g/mol. The van der Waals surface area contributed by atoms with Crippen molar-refractivity contribution in [2.24, 2.45) is 0 Å². The average Bonchev–Trinajstić information content (AvgIpc) is 2.68. The zero-order chi connectivity index (χ0) is 17.3. The van der Waals surface area contributed by atoms with Crippen LogP contribution >= 0.6 is 0 Å². The number of benzene rings is 1. The Hall–Kier alpha value is -1.36. The van der Waals surface area contributed by atoms with E-state index in [1.807, 2.05) is 12.1 Å². The largest absolute Gasteiger partial charge is 0.497 e. The highest BCUT2D eigenvalue weighted by Gasteiger charge is 2.22. The predicted molar refractivity (Wildman–Crippen MR) is 103 cm³/mol. The van der Waals surface area contributed by atoms with Crippen molar-refractivity contribution in [3.8, 4) is 5.75 Å². The molecule has 1 atom stereocenters. The van der Waals surface area contributed by atoms with Gasteiger partial charge in [0.25, 0.3) is 0 Å². The number of piperidine rings is 1. The number of nitrogens with zero attached hydrogens (tertiary/aromatic N) is 2. The number of morpholine rings is 1. The van der Waals surface area contributed by atoms with Crippen molar-refractivity contribution in [3.63, 3.8) is 0 Å². The summed E-state index contributed by atoms with van der Waals surface area (Å²) < 4.78 is 10.7. The molecule has 0 aromatic heterocycles. The number of hydrogen-bond donors (Lipinski definition) is 0. The molecule has 2 aliphatic heterocycles. The smallest absolute Gasteiger partial charge is 0.118 e. The molecule has 4 nitrogen and oxygen atoms in total. The SMILES string of the molecule is COc1ccc(C=CCN2CCCCC2CCN2CCOCC2)cc1. The molecule has 0 radical (unpaired) electrons. The minimum atomic E-state index is 0.733. The molecular formula is C21H32N2O2. The lowest BCUT2D eigenvalue weighted by Gasteiger charge is -2.37. The quantitative estimate of drug-likeness (QED) is 0.758. The summed E-state index contributed by atoms with van der Waals surface area (Å²) in [7, 11) is 1.71. The number of methoxy groups -OCH3 is 1. The Balaban J connectivity index is 1.47. The number of likely N-dealkylation sites (tertiary alicyclic amines) is 1. The van der Waals surface area contributed by atoms with Gasteiger partial charge in [0.05, 0.1) is 20.3 Å². The maximum Gasteiger partial charge on any atom is 0.118 e. The van der Waals surface area contributed by atoms with Crippen LogP contribution in [0.5, 0.6) is 5.75 Å². The summed E-state index contributed by atoms with van der Waals surface area (Å²) in [6.07, 6.45) is 9.90. The number of rotatable bonds is 7. The molecule has 2 heterocycles. The molecule has 0 N–H and O–H groups in total. The maximum atomic E-state index is 5.45. The molecule has 2 saturated heterocycles. The summed E-state index contributed by atoms with van der Waals surface area (Å²) in [5.74, 6) is 0.913. The fraction of sp³-hybridized carbons (Fsp3) is 0.619. The van der Waals surface area contributed by atoms with Crippen LogP contribution in [0.1, 0.15) is 31.2 Å². The molecule has 0 spiro atoms. The molecule has 25 heavy (non-hydrogen) atoms. The Labute approximate surface area is 152 Å². The van der Waals surface area contributed by atoms with Gasteiger partial charge in [-0.3, -0.25) is 9.80 Å². The third-order valence-corrected chi connectivity index (χ3v) is 5.40. The second-order valence-corrected chi connectivity index (χ2v) is 7.06. The van der Waals surface area contributed by atoms with Crippen molar-refractivity contribution in [1.82, 2.24) is 9.80 Å². The first-order valence-corrected chi connectivity index (χ1v) is 9.70. The number of hydrogen-bond acceptors (Lipinski definition) is 4. The molecule has 1 aromatic carbocycles. The van der Waals surface area contributed by atoms with Crippen molar-refractivity contribution in [3.05, 3.63) is 35.9 Å². The fourth-order valence-corrected chi connectivity index (χ4v) is 3.82. The Morgan fingerprint density at radius 1 is 1.12 bits per heavy atom. The number of ether oxygens (including phenoxy) is 2. The van der Waals surface area contributed by atoms with Crippen molar-refractivity contribution < 1.29 is 9.47 Å². The monoisotopic (exact) mass is 344 g/mol. The van der Waals surface area contributed by atoms with Crippen LogP contribution in [-0.2, 0) is 4.74 Å². The van der Waals surface area contributed by atoms with Gasteiger partial charge >= 0.3 is 0 Å². The molecule has 0 amide bonds. The zero-order valence-electron chi connectivity index (χ0n) is 15.5. The highest BCUT2D eigenvalue weighted by Crippen LogP contribution is 2.20. The molecule has 1 unspecified atom stereocenters. The second-order valence-electron chi connectivity index (χ2n) is 7.06. The van der Waals surface area contributed by atoms with Crippen LogP contribution in [-0.4, -0.2) is 68.9 Å². The minimum absolute atomic E-state index is 0.733. The fourth-order valence-electron chi connectivity index (χ4n) is 3.82. The van der Waals surface area contributed by atoms with E-state index in [2.05, 4.69) is 34.1 Å². The van der Waals surface area contributed by atoms with Crippen molar-refractivity contribution in [2.75, 3.05) is 53.0 Å². The Bertz CT molecular complexity index is 523. The molecule has 2 aliphatic rings. The Morgan fingerprint density at radius 2 is 1.92 bits per heavy atom. The molecule has 0 bridgehead atoms. The van der Waals surface area contributed by atoms with E-state index < -0.39 is 0 Å². The molecule has 3 rings (SSSR count). The van der Waals surface area contributed by atoms with Crippen LogP contribution in [0.25, 0.3) is 6.08 Å². The van der Waals surface area contributed by atoms with Gasteiger partial charge in [-0.1, -0.05) is 30.7 Å². The van der Waals surface area contributed by atoms with E-state index in [-0.39, 0.29) is 0 Å². The molecule has 138 valence electrons. The van der Waals surface area contributed by atoms with E-state index in [4.69, 9.17) is 9.47 Å². The van der Waals surface area contributed by atoms with Crippen molar-refractivity contribution >= 4 is 6.08 Å². The highest BCUT2D eigenvalue weighted by molar-refractivity contribution is 5.50. The van der Waals surface area contributed by atoms with Crippen LogP contribution in [0, 0.1) is 0 Å². The topological polar surface area (TPSA) is 24.9 Å². The van der Waals surface area contributed by atoms with Gasteiger partial charge < -0.3 is 9.47 Å². The van der Waals surface area contributed by atoms with E-state index in [9.17, 15) is 0 Å². The minimum Gasteiger partial charge on any atom is -0.497 e. The van der Waals surface area contributed by atoms with Gasteiger partial charge in [0, 0.05) is 25.7 Å². The predicted octanol–water partition coefficient (Wildman–Crippen LogP) is 3.29. The van der Waals surface area contributed by atoms with Crippen LogP contribution < -0.4 is 4.74 Å². The maximum absolute atomic E-state index is 5.45. The summed E-state index contributed by atoms with van der Waals surface area (Å²) in [4.78, 5) is 5.23. The van der Waals surface area contributed by atoms with E-state index in [1.165, 1.54) is 44.3 Å². The first-order chi connectivity index (χ1) is 12.3. The second kappa shape index (κ2) is 9.95. The van der Waals surface area contributed by atoms with E-state index in [0.29, 0.717) is 0 Å². The summed E-state index contributed by atoms with van der Waals surface area (Å²) in [5, 5.41) is 0. The Kier molecular flexibility index (Phi) is 7.34. The summed E-state index contributed by atoms with van der Waals surface area (Å²) in [6.45, 7) is 7.51. The van der Waals surface area contributed by atoms with Gasteiger partial charge in [0.1, 0.15) is 5.75 Å². The first-order valence-electron chi connectivity index (χ1n) is 9.70. The van der Waals surface area contributed by atoms with E-state index in [1.54, 1.807) is 7.11 Å². The lowest BCUT2D eigenvalue weighted by atomic mass is 9.99. The third kappa shape index (κ3) is 5.84. The molecule has 1 aromatic rings. The van der Waals surface area contributed by atoms with Gasteiger partial charge in [0.2, 0.25) is 0 Å². The van der Waals surface area contributed by atoms with Crippen molar-refractivity contribution in [2.45, 2.75) is 31.7 Å². The lowest BCUT2D eigenvalue weighted by Crippen LogP contribution is -2.43. The average molecular weight is 344 g/mol. The normalized spacial score (nSPS) is 23.2. The molecule has 2 fully saturated rings. The highest BCUT2D eigenvalue weighted by atomic mass is 16.5. The summed E-state index contributed by atoms with van der Waals surface area (Å²) >= 11 is 0. The summed E-state index contributed by atoms with van der Waals surface area (Å²) in [6, 6.07) is 9.00. The molecule has 0 saturated carbocycles. The molecule has 0 aliphatic carbocycles. The van der Waals surface area contributed by atoms with E-state index in [0.717, 1.165) is 44.6 Å². The summed E-state index contributed by atoms with van der Waals surface area (Å²) in [5.41, 5.74) is 1.24. The lowest BCUT2D eigenvalue weighted by molar-refractivity contribution is 0.0315. The van der Waals surface area contributed by atoms with Gasteiger partial charge in [-0.25, -0.2) is 0 Å². The van der Waals surface area contributed by atoms with Gasteiger partial charge in [-0.15, -0.1) is 0 Å². The van der Waals surface area contributed by atoms with Gasteiger partial charge in [-0.2, -0.15) is 0 Å². The van der Waals surface area contributed by atoms with Crippen LogP contribution in [0.4, 0.5) is 0 Å². The van der Waals surface area contributed by atoms with Crippen LogP contribution in [0.2, 0.25) is 0 Å². The van der Waals surface area contributed by atoms with Gasteiger partial charge in [0.15, 0.2) is 0 Å². The molecule has 4 heteroatoms. The van der Waals surface area contributed by atoms with Crippen molar-refractivity contribution in [1.29, 1.82) is 0 Å². The Morgan fingerprint density at radius 3 is 2.68 bits per heavy atom. The third-order valence-electron chi connectivity index (χ3n) is 5.40. The van der Waals surface area contributed by atoms with Crippen LogP contribution in [0.3, 0.4) is 0 Å². The zero-order valence-corrected chi connectivity index (χ0v) is 15.5. The van der Waals surface area contributed by atoms with Gasteiger partial charge in [-0.05, 0) is 50.0 Å².